The van der Waals surface area contributed by atoms with E-state index in [9.17, 15) is 14.9 Å². The van der Waals surface area contributed by atoms with Crippen molar-refractivity contribution in [2.75, 3.05) is 0 Å². The van der Waals surface area contributed by atoms with Crippen molar-refractivity contribution in [3.63, 3.8) is 0 Å². The second-order valence-corrected chi connectivity index (χ2v) is 4.19. The molecule has 0 bridgehead atoms. The average molecular weight is 288 g/mol. The largest absolute Gasteiger partial charge is 0.483 e. The molecular formula is C10H10BrNO4. The van der Waals surface area contributed by atoms with Crippen molar-refractivity contribution in [2.45, 2.75) is 20.0 Å². The molecule has 0 saturated heterocycles. The summed E-state index contributed by atoms with van der Waals surface area (Å²) in [5.74, 6) is 0.159. The van der Waals surface area contributed by atoms with Crippen LogP contribution in [0.3, 0.4) is 0 Å². The summed E-state index contributed by atoms with van der Waals surface area (Å²) >= 11 is 3.14. The molecule has 6 heteroatoms. The summed E-state index contributed by atoms with van der Waals surface area (Å²) in [4.78, 5) is 21.1. The molecule has 0 aliphatic heterocycles. The number of ketones is 1. The van der Waals surface area contributed by atoms with Crippen LogP contribution in [0, 0.1) is 10.1 Å². The van der Waals surface area contributed by atoms with Crippen molar-refractivity contribution in [3.8, 4) is 5.75 Å². The number of nitro benzene ring substituents is 1. The highest BCUT2D eigenvalue weighted by Gasteiger charge is 2.13. The second kappa shape index (κ2) is 5.07. The SMILES string of the molecule is CC(=O)C(C)Oc1cc(Br)cc([N+](=O)[O-])c1. The Kier molecular flexibility index (Phi) is 4.00. The lowest BCUT2D eigenvalue weighted by Crippen LogP contribution is -2.20. The Morgan fingerprint density at radius 2 is 2.12 bits per heavy atom. The molecule has 0 spiro atoms. The molecule has 0 N–H and O–H groups in total. The van der Waals surface area contributed by atoms with Crippen LogP contribution in [0.15, 0.2) is 22.7 Å². The van der Waals surface area contributed by atoms with Crippen LogP contribution in [-0.2, 0) is 4.79 Å². The van der Waals surface area contributed by atoms with Crippen LogP contribution in [0.5, 0.6) is 5.75 Å². The van der Waals surface area contributed by atoms with E-state index >= 15 is 0 Å². The zero-order chi connectivity index (χ0) is 12.3. The van der Waals surface area contributed by atoms with E-state index in [4.69, 9.17) is 4.74 Å². The van der Waals surface area contributed by atoms with E-state index in [0.29, 0.717) is 10.2 Å². The van der Waals surface area contributed by atoms with Gasteiger partial charge in [-0.1, -0.05) is 15.9 Å². The quantitative estimate of drug-likeness (QED) is 0.631. The van der Waals surface area contributed by atoms with Crippen LogP contribution in [0.1, 0.15) is 13.8 Å². The minimum absolute atomic E-state index is 0.0832. The Bertz CT molecular complexity index is 433. The molecule has 0 heterocycles. The molecule has 1 aromatic carbocycles. The van der Waals surface area contributed by atoms with Gasteiger partial charge in [0.15, 0.2) is 11.9 Å². The first-order valence-corrected chi connectivity index (χ1v) is 5.31. The van der Waals surface area contributed by atoms with E-state index in [0.717, 1.165) is 0 Å². The van der Waals surface area contributed by atoms with E-state index in [1.807, 2.05) is 0 Å². The highest BCUT2D eigenvalue weighted by Crippen LogP contribution is 2.26. The van der Waals surface area contributed by atoms with Gasteiger partial charge in [0.25, 0.3) is 5.69 Å². The zero-order valence-corrected chi connectivity index (χ0v) is 10.4. The molecule has 0 saturated carbocycles. The average Bonchev–Trinajstić information content (AvgIpc) is 2.16. The van der Waals surface area contributed by atoms with Gasteiger partial charge in [0, 0.05) is 10.5 Å². The molecule has 0 aliphatic carbocycles. The van der Waals surface area contributed by atoms with Crippen molar-refractivity contribution in [3.05, 3.63) is 32.8 Å². The normalized spacial score (nSPS) is 11.9. The smallest absolute Gasteiger partial charge is 0.274 e. The van der Waals surface area contributed by atoms with Gasteiger partial charge in [-0.05, 0) is 19.9 Å². The second-order valence-electron chi connectivity index (χ2n) is 3.27. The van der Waals surface area contributed by atoms with Crippen molar-refractivity contribution >= 4 is 27.4 Å². The molecule has 0 radical (unpaired) electrons. The molecule has 1 unspecified atom stereocenters. The molecular weight excluding hydrogens is 278 g/mol. The predicted molar refractivity (Wildman–Crippen MR) is 61.6 cm³/mol. The highest BCUT2D eigenvalue weighted by atomic mass is 79.9. The number of Topliss-reactive ketones (excluding diaryl/α,β-unsaturated/α-hetero) is 1. The Hall–Kier alpha value is -1.43. The molecule has 0 aromatic heterocycles. The van der Waals surface area contributed by atoms with Crippen LogP contribution < -0.4 is 4.74 Å². The molecule has 0 fully saturated rings. The number of rotatable bonds is 4. The Morgan fingerprint density at radius 1 is 1.50 bits per heavy atom. The van der Waals surface area contributed by atoms with Crippen LogP contribution in [0.2, 0.25) is 0 Å². The van der Waals surface area contributed by atoms with Gasteiger partial charge in [-0.25, -0.2) is 0 Å². The molecule has 1 atom stereocenters. The van der Waals surface area contributed by atoms with Crippen LogP contribution in [-0.4, -0.2) is 16.8 Å². The highest BCUT2D eigenvalue weighted by molar-refractivity contribution is 9.10. The number of carbonyl (C=O) groups excluding carboxylic acids is 1. The topological polar surface area (TPSA) is 69.4 Å². The van der Waals surface area contributed by atoms with Crippen LogP contribution >= 0.6 is 15.9 Å². The summed E-state index contributed by atoms with van der Waals surface area (Å²) in [7, 11) is 0. The summed E-state index contributed by atoms with van der Waals surface area (Å²) in [5, 5.41) is 10.6. The molecule has 0 amide bonds. The Labute approximate surface area is 101 Å². The maximum absolute atomic E-state index is 11.0. The van der Waals surface area contributed by atoms with Gasteiger partial charge in [0.1, 0.15) is 5.75 Å². The molecule has 16 heavy (non-hydrogen) atoms. The Balaban J connectivity index is 2.97. The number of hydrogen-bond donors (Lipinski definition) is 0. The number of nitrogens with zero attached hydrogens (tertiary/aromatic N) is 1. The summed E-state index contributed by atoms with van der Waals surface area (Å²) in [6.07, 6.45) is -0.617. The van der Waals surface area contributed by atoms with Gasteiger partial charge in [0.05, 0.1) is 11.0 Å². The first-order chi connectivity index (χ1) is 7.40. The number of hydrogen-bond acceptors (Lipinski definition) is 4. The maximum atomic E-state index is 11.0. The van der Waals surface area contributed by atoms with Crippen molar-refractivity contribution in [1.82, 2.24) is 0 Å². The van der Waals surface area contributed by atoms with E-state index < -0.39 is 11.0 Å². The van der Waals surface area contributed by atoms with Crippen molar-refractivity contribution < 1.29 is 14.5 Å². The van der Waals surface area contributed by atoms with E-state index in [1.165, 1.54) is 19.1 Å². The Morgan fingerprint density at radius 3 is 2.62 bits per heavy atom. The van der Waals surface area contributed by atoms with Gasteiger partial charge >= 0.3 is 0 Å². The number of nitro groups is 1. The van der Waals surface area contributed by atoms with Crippen molar-refractivity contribution in [2.24, 2.45) is 0 Å². The van der Waals surface area contributed by atoms with E-state index in [2.05, 4.69) is 15.9 Å². The maximum Gasteiger partial charge on any atom is 0.274 e. The third-order valence-corrected chi connectivity index (χ3v) is 2.41. The lowest BCUT2D eigenvalue weighted by molar-refractivity contribution is -0.385. The summed E-state index contributed by atoms with van der Waals surface area (Å²) in [6.45, 7) is 2.99. The fraction of sp³-hybridized carbons (Fsp3) is 0.300. The lowest BCUT2D eigenvalue weighted by atomic mass is 10.2. The van der Waals surface area contributed by atoms with Gasteiger partial charge in [-0.3, -0.25) is 14.9 Å². The third kappa shape index (κ3) is 3.30. The van der Waals surface area contributed by atoms with Gasteiger partial charge in [0.2, 0.25) is 0 Å². The van der Waals surface area contributed by atoms with Gasteiger partial charge < -0.3 is 4.74 Å². The van der Waals surface area contributed by atoms with Crippen LogP contribution in [0.4, 0.5) is 5.69 Å². The minimum Gasteiger partial charge on any atom is -0.483 e. The van der Waals surface area contributed by atoms with Crippen molar-refractivity contribution in [1.29, 1.82) is 0 Å². The first-order valence-electron chi connectivity index (χ1n) is 4.52. The summed E-state index contributed by atoms with van der Waals surface area (Å²) in [6, 6.07) is 4.22. The van der Waals surface area contributed by atoms with Gasteiger partial charge in [-0.15, -0.1) is 0 Å². The number of ether oxygens (including phenoxy) is 1. The van der Waals surface area contributed by atoms with Gasteiger partial charge in [-0.2, -0.15) is 0 Å². The third-order valence-electron chi connectivity index (χ3n) is 1.95. The monoisotopic (exact) mass is 287 g/mol. The minimum atomic E-state index is -0.617. The molecule has 1 rings (SSSR count). The fourth-order valence-corrected chi connectivity index (χ4v) is 1.47. The number of carbonyl (C=O) groups is 1. The summed E-state index contributed by atoms with van der Waals surface area (Å²) in [5.41, 5.74) is -0.0832. The van der Waals surface area contributed by atoms with E-state index in [-0.39, 0.29) is 11.5 Å². The molecule has 0 aliphatic rings. The van der Waals surface area contributed by atoms with E-state index in [1.54, 1.807) is 13.0 Å². The molecule has 5 nitrogen and oxygen atoms in total. The predicted octanol–water partition coefficient (Wildman–Crippen LogP) is 2.71. The van der Waals surface area contributed by atoms with Crippen LogP contribution in [0.25, 0.3) is 0 Å². The summed E-state index contributed by atoms with van der Waals surface area (Å²) < 4.78 is 5.80. The number of non-ortho nitro benzene ring substituents is 1. The number of halogens is 1. The zero-order valence-electron chi connectivity index (χ0n) is 8.77. The molecule has 86 valence electrons. The lowest BCUT2D eigenvalue weighted by Gasteiger charge is -2.11. The number of benzene rings is 1. The molecule has 1 aromatic rings. The fourth-order valence-electron chi connectivity index (χ4n) is 1.01. The standard InChI is InChI=1S/C10H10BrNO4/c1-6(13)7(2)16-10-4-8(11)3-9(5-10)12(14)15/h3-5,7H,1-2H3. The first kappa shape index (κ1) is 12.6.